The van der Waals surface area contributed by atoms with Gasteiger partial charge in [-0.3, -0.25) is 0 Å². The van der Waals surface area contributed by atoms with Gasteiger partial charge in [-0.25, -0.2) is 0 Å². The third-order valence-electron chi connectivity index (χ3n) is 10.7. The molecule has 3 aliphatic rings. The number of hydrogen-bond donors (Lipinski definition) is 0. The molecule has 1 unspecified atom stereocenters. The number of benzene rings is 3. The molecule has 1 heteroatoms. The fourth-order valence-electron chi connectivity index (χ4n) is 8.84. The van der Waals surface area contributed by atoms with Crippen LogP contribution in [0.1, 0.15) is 106 Å². The Morgan fingerprint density at radius 2 is 1.33 bits per heavy atom. The molecule has 0 spiro atoms. The summed E-state index contributed by atoms with van der Waals surface area (Å²) < 4.78 is 1.42. The van der Waals surface area contributed by atoms with Crippen molar-refractivity contribution in [3.63, 3.8) is 0 Å². The first-order chi connectivity index (χ1) is 23.0. The van der Waals surface area contributed by atoms with E-state index in [2.05, 4.69) is 186 Å². The first kappa shape index (κ1) is 37.4. The van der Waals surface area contributed by atoms with E-state index in [1.165, 1.54) is 71.3 Å². The van der Waals surface area contributed by atoms with Crippen molar-refractivity contribution in [3.8, 4) is 0 Å². The van der Waals surface area contributed by atoms with Crippen molar-refractivity contribution >= 4 is 14.9 Å². The summed E-state index contributed by atoms with van der Waals surface area (Å²) in [5.74, 6) is 1.38. The van der Waals surface area contributed by atoms with Gasteiger partial charge in [0.2, 0.25) is 0 Å². The Morgan fingerprint density at radius 1 is 0.755 bits per heavy atom. The van der Waals surface area contributed by atoms with Crippen LogP contribution < -0.4 is 10.4 Å². The minimum absolute atomic E-state index is 0.0562. The summed E-state index contributed by atoms with van der Waals surface area (Å²) in [6, 6.07) is 28.3. The van der Waals surface area contributed by atoms with E-state index in [4.69, 9.17) is 0 Å². The van der Waals surface area contributed by atoms with Crippen LogP contribution in [0.4, 0.5) is 0 Å². The number of fused-ring (bicyclic) bond motifs is 2. The first-order valence-corrected chi connectivity index (χ1v) is 19.6. The van der Waals surface area contributed by atoms with Gasteiger partial charge in [0.25, 0.3) is 0 Å². The fourth-order valence-corrected chi connectivity index (χ4v) is 9.66. The van der Waals surface area contributed by atoms with Crippen molar-refractivity contribution in [2.75, 3.05) is 0 Å². The molecule has 49 heavy (non-hydrogen) atoms. The Labute approximate surface area is 312 Å². The predicted octanol–water partition coefficient (Wildman–Crippen LogP) is 11.1. The van der Waals surface area contributed by atoms with Crippen molar-refractivity contribution in [2.45, 2.75) is 94.9 Å². The van der Waals surface area contributed by atoms with Crippen molar-refractivity contribution < 1.29 is 24.2 Å². The molecule has 0 saturated carbocycles. The number of rotatable bonds is 6. The zero-order chi connectivity index (χ0) is 35.9. The monoisotopic (exact) mass is 723 g/mol. The van der Waals surface area contributed by atoms with Gasteiger partial charge >= 0.3 is 99.2 Å². The Bertz CT molecular complexity index is 1920. The maximum absolute atomic E-state index is 4.04. The Kier molecular flexibility index (Phi) is 11.0. The third-order valence-corrected chi connectivity index (χ3v) is 12.1. The topological polar surface area (TPSA) is 0 Å². The molecule has 0 fully saturated rings. The molecule has 0 N–H and O–H groups in total. The van der Waals surface area contributed by atoms with Gasteiger partial charge in [0, 0.05) is 0 Å². The number of allylic oxidation sites excluding steroid dienone is 8. The zero-order valence-corrected chi connectivity index (χ0v) is 34.6. The fraction of sp³-hybridized carbons (Fsp3) is 0.396. The quantitative estimate of drug-likeness (QED) is 0.222. The molecule has 0 heterocycles. The molecular weight excluding hydrogens is 668 g/mol. The van der Waals surface area contributed by atoms with Gasteiger partial charge in [-0.05, 0) is 40.4 Å². The van der Waals surface area contributed by atoms with Crippen LogP contribution >= 0.6 is 0 Å². The summed E-state index contributed by atoms with van der Waals surface area (Å²) in [4.78, 5) is 0. The van der Waals surface area contributed by atoms with Crippen molar-refractivity contribution in [3.05, 3.63) is 152 Å². The predicted molar refractivity (Wildman–Crippen MR) is 210 cm³/mol. The summed E-state index contributed by atoms with van der Waals surface area (Å²) >= 11 is 1.46. The Hall–Kier alpha value is -2.89. The second kappa shape index (κ2) is 14.4. The molecule has 0 radical (unpaired) electrons. The molecule has 0 aliphatic heterocycles. The van der Waals surface area contributed by atoms with E-state index in [9.17, 15) is 0 Å². The maximum atomic E-state index is 4.04. The third kappa shape index (κ3) is 6.92. The zero-order valence-electron chi connectivity index (χ0n) is 32.2. The van der Waals surface area contributed by atoms with Crippen LogP contribution in [0.3, 0.4) is 0 Å². The van der Waals surface area contributed by atoms with Crippen LogP contribution in [-0.4, -0.2) is 3.21 Å². The van der Waals surface area contributed by atoms with Crippen LogP contribution in [0.5, 0.6) is 0 Å². The van der Waals surface area contributed by atoms with Crippen LogP contribution in [0, 0.1) is 28.6 Å². The van der Waals surface area contributed by atoms with Gasteiger partial charge in [-0.1, -0.05) is 141 Å². The van der Waals surface area contributed by atoms with E-state index in [1.807, 2.05) is 0 Å². The molecule has 0 bridgehead atoms. The van der Waals surface area contributed by atoms with E-state index in [0.29, 0.717) is 17.8 Å². The molecule has 0 saturated heterocycles. The van der Waals surface area contributed by atoms with E-state index in [0.717, 1.165) is 6.42 Å². The molecule has 3 aliphatic carbocycles. The average molecular weight is 725 g/mol. The molecule has 0 aromatic heterocycles. The Morgan fingerprint density at radius 3 is 1.76 bits per heavy atom. The van der Waals surface area contributed by atoms with E-state index in [-0.39, 0.29) is 16.2 Å². The molecule has 0 amide bonds. The molecule has 0 nitrogen and oxygen atoms in total. The van der Waals surface area contributed by atoms with Crippen molar-refractivity contribution in [1.82, 2.24) is 0 Å². The molecule has 3 aromatic carbocycles. The van der Waals surface area contributed by atoms with Crippen LogP contribution in [0.25, 0.3) is 11.6 Å². The van der Waals surface area contributed by atoms with Crippen LogP contribution in [-0.2, 0) is 29.7 Å². The van der Waals surface area contributed by atoms with Gasteiger partial charge in [0.1, 0.15) is 0 Å². The second-order valence-corrected chi connectivity index (χ2v) is 18.3. The first-order valence-electron chi connectivity index (χ1n) is 18.4. The van der Waals surface area contributed by atoms with E-state index >= 15 is 0 Å². The molecule has 1 atom stereocenters. The van der Waals surface area contributed by atoms with Gasteiger partial charge in [-0.2, -0.15) is 0 Å². The normalized spacial score (nSPS) is 18.8. The van der Waals surface area contributed by atoms with E-state index < -0.39 is 0 Å². The minimum atomic E-state index is -0.0562. The molecule has 254 valence electrons. The second-order valence-electron chi connectivity index (χ2n) is 17.0. The molecular formula is C48H57Zr-. The van der Waals surface area contributed by atoms with E-state index in [1.54, 1.807) is 16.7 Å². The van der Waals surface area contributed by atoms with Gasteiger partial charge in [0.15, 0.2) is 0 Å². The van der Waals surface area contributed by atoms with Crippen molar-refractivity contribution in [1.29, 1.82) is 0 Å². The number of hydrogen-bond acceptors (Lipinski definition) is 0. The SMILES string of the molecule is CC(C)C1=C(C(C)C)C(C(C)C)(C(C)(C)C)C(C2=CC=CC2)=C2[C-]=c3cc(C(C)(C)C)ccc3=C21.[Zr]=[C](c1ccccc1)c1ccccc1. The van der Waals surface area contributed by atoms with Gasteiger partial charge in [0.05, 0.1) is 0 Å². The van der Waals surface area contributed by atoms with Gasteiger partial charge in [-0.15, -0.1) is 33.7 Å². The van der Waals surface area contributed by atoms with Crippen molar-refractivity contribution in [2.24, 2.45) is 28.6 Å². The van der Waals surface area contributed by atoms with Crippen LogP contribution in [0.15, 0.2) is 125 Å². The van der Waals surface area contributed by atoms with Gasteiger partial charge < -0.3 is 0 Å². The molecule has 3 aromatic rings. The summed E-state index contributed by atoms with van der Waals surface area (Å²) in [6.45, 7) is 28.9. The standard InChI is InChI=1S/C35H47.C13H10.Zr/c1-21(2)29-30-27-18-17-26(33(7,8)9)19-25(27)20-28(30)32(24-15-13-14-16-24)35(23(5)6,34(10,11)12)31(29)22(3)4;1-3-7-12(8-4-1)11-13-9-5-2-6-10-13;/h13-15,17-19,21-23H,16H2,1-12H3;1-10H;/q-1;;. The average Bonchev–Trinajstić information content (AvgIpc) is 3.71. The summed E-state index contributed by atoms with van der Waals surface area (Å²) in [7, 11) is 0. The molecule has 6 rings (SSSR count). The summed E-state index contributed by atoms with van der Waals surface area (Å²) in [5, 5.41) is 2.66. The summed E-state index contributed by atoms with van der Waals surface area (Å²) in [6.07, 6.45) is 12.0. The Balaban J connectivity index is 0.000000278. The summed E-state index contributed by atoms with van der Waals surface area (Å²) in [5.41, 5.74) is 13.3. The van der Waals surface area contributed by atoms with Crippen LogP contribution in [0.2, 0.25) is 0 Å².